The van der Waals surface area contributed by atoms with Crippen LogP contribution in [0.25, 0.3) is 21.9 Å². The predicted octanol–water partition coefficient (Wildman–Crippen LogP) is 8.42. The highest BCUT2D eigenvalue weighted by Gasteiger charge is 2.54. The van der Waals surface area contributed by atoms with Crippen molar-refractivity contribution in [3.05, 3.63) is 65.2 Å². The van der Waals surface area contributed by atoms with E-state index in [1.807, 2.05) is 18.2 Å². The quantitative estimate of drug-likeness (QED) is 0.247. The summed E-state index contributed by atoms with van der Waals surface area (Å²) in [6.07, 6.45) is 8.31. The van der Waals surface area contributed by atoms with Gasteiger partial charge in [0.25, 0.3) is 0 Å². The highest BCUT2D eigenvalue weighted by Crippen LogP contribution is 2.63. The van der Waals surface area contributed by atoms with E-state index < -0.39 is 9.04 Å². The minimum Gasteiger partial charge on any atom is -0.546 e. The van der Waals surface area contributed by atoms with E-state index in [4.69, 9.17) is 9.16 Å². The molecule has 7 rings (SSSR count). The number of ether oxygens (including phenoxy) is 1. The summed E-state index contributed by atoms with van der Waals surface area (Å²) in [6.45, 7) is 11.7. The minimum absolute atomic E-state index is 0.0571. The molecule has 0 amide bonds. The summed E-state index contributed by atoms with van der Waals surface area (Å²) >= 11 is 0. The molecule has 4 fully saturated rings. The van der Waals surface area contributed by atoms with Crippen LogP contribution in [0.5, 0.6) is 5.75 Å². The standard InChI is InChI=1S/C34H42O3Si/c1-33(2,3)29-12-11-28(26-9-7-25-17-27(32(35)36-4)10-8-24(25)16-26)31(37-38(5)6)30(29)34-18-21-13-22(19-34)15-23(14-21)20-34/h7-12,16-17,21-23,38H,13-15,18-20H2,1-6H3. The van der Waals surface area contributed by atoms with Gasteiger partial charge in [-0.25, -0.2) is 4.79 Å². The lowest BCUT2D eigenvalue weighted by molar-refractivity contribution is -0.00655. The first-order chi connectivity index (χ1) is 18.1. The lowest BCUT2D eigenvalue weighted by Gasteiger charge is -2.58. The molecule has 0 unspecified atom stereocenters. The van der Waals surface area contributed by atoms with E-state index in [-0.39, 0.29) is 16.8 Å². The molecule has 0 atom stereocenters. The average Bonchev–Trinajstić information content (AvgIpc) is 2.85. The van der Waals surface area contributed by atoms with Crippen molar-refractivity contribution in [3.8, 4) is 16.9 Å². The Balaban J connectivity index is 1.55. The molecule has 0 saturated heterocycles. The number of benzene rings is 3. The fourth-order valence-corrected chi connectivity index (χ4v) is 9.11. The number of hydrogen-bond donors (Lipinski definition) is 0. The van der Waals surface area contributed by atoms with Gasteiger partial charge in [-0.1, -0.05) is 51.1 Å². The first kappa shape index (κ1) is 25.7. The third kappa shape index (κ3) is 4.39. The molecule has 4 aliphatic carbocycles. The van der Waals surface area contributed by atoms with E-state index in [9.17, 15) is 4.79 Å². The summed E-state index contributed by atoms with van der Waals surface area (Å²) in [5.41, 5.74) is 6.34. The fraction of sp³-hybridized carbons (Fsp3) is 0.500. The topological polar surface area (TPSA) is 35.5 Å². The Morgan fingerprint density at radius 3 is 2.05 bits per heavy atom. The number of methoxy groups -OCH3 is 1. The molecule has 0 aliphatic heterocycles. The second-order valence-electron chi connectivity index (χ2n) is 13.7. The van der Waals surface area contributed by atoms with E-state index in [0.717, 1.165) is 28.5 Å². The molecule has 0 aromatic heterocycles. The van der Waals surface area contributed by atoms with Crippen molar-refractivity contribution in [2.24, 2.45) is 17.8 Å². The fourth-order valence-electron chi connectivity index (χ4n) is 8.39. The number of esters is 1. The van der Waals surface area contributed by atoms with E-state index in [1.54, 1.807) is 5.56 Å². The Hall–Kier alpha value is -2.59. The number of hydrogen-bond acceptors (Lipinski definition) is 3. The smallest absolute Gasteiger partial charge is 0.337 e. The second-order valence-corrected chi connectivity index (χ2v) is 16.1. The Labute approximate surface area is 229 Å². The van der Waals surface area contributed by atoms with Gasteiger partial charge in [-0.15, -0.1) is 0 Å². The summed E-state index contributed by atoms with van der Waals surface area (Å²) in [7, 11) is 0.0561. The number of carbonyl (C=O) groups excluding carboxylic acids is 1. The van der Waals surface area contributed by atoms with Crippen LogP contribution >= 0.6 is 0 Å². The first-order valence-corrected chi connectivity index (χ1v) is 17.3. The van der Waals surface area contributed by atoms with Crippen LogP contribution in [0, 0.1) is 17.8 Å². The van der Waals surface area contributed by atoms with Gasteiger partial charge >= 0.3 is 5.97 Å². The lowest BCUT2D eigenvalue weighted by atomic mass is 9.47. The van der Waals surface area contributed by atoms with E-state index in [0.29, 0.717) is 5.56 Å². The maximum absolute atomic E-state index is 12.1. The van der Waals surface area contributed by atoms with Crippen LogP contribution < -0.4 is 4.43 Å². The maximum atomic E-state index is 12.1. The molecule has 4 bridgehead atoms. The van der Waals surface area contributed by atoms with Crippen molar-refractivity contribution < 1.29 is 14.0 Å². The zero-order valence-electron chi connectivity index (χ0n) is 23.9. The molecule has 38 heavy (non-hydrogen) atoms. The Morgan fingerprint density at radius 1 is 0.868 bits per heavy atom. The molecule has 3 nitrogen and oxygen atoms in total. The van der Waals surface area contributed by atoms with Crippen LogP contribution in [0.1, 0.15) is 80.8 Å². The summed E-state index contributed by atoms with van der Waals surface area (Å²) < 4.78 is 11.9. The zero-order valence-corrected chi connectivity index (χ0v) is 25.1. The SMILES string of the molecule is COC(=O)c1ccc2cc(-c3ccc(C(C)(C)C)c(C45CC6CC(CC(C6)C4)C5)c3O[SiH](C)C)ccc2c1. The molecular weight excluding hydrogens is 484 g/mol. The lowest BCUT2D eigenvalue weighted by Crippen LogP contribution is -2.49. The van der Waals surface area contributed by atoms with Crippen LogP contribution in [0.4, 0.5) is 0 Å². The number of rotatable bonds is 5. The molecule has 0 heterocycles. The van der Waals surface area contributed by atoms with E-state index >= 15 is 0 Å². The predicted molar refractivity (Wildman–Crippen MR) is 159 cm³/mol. The maximum Gasteiger partial charge on any atom is 0.337 e. The highest BCUT2D eigenvalue weighted by molar-refractivity contribution is 6.49. The molecule has 0 radical (unpaired) electrons. The van der Waals surface area contributed by atoms with Crippen molar-refractivity contribution in [1.29, 1.82) is 0 Å². The van der Waals surface area contributed by atoms with Crippen LogP contribution in [0.3, 0.4) is 0 Å². The van der Waals surface area contributed by atoms with Crippen LogP contribution in [-0.4, -0.2) is 22.1 Å². The summed E-state index contributed by atoms with van der Waals surface area (Å²) in [5.74, 6) is 3.52. The molecular formula is C34H42O3Si. The molecule has 3 aromatic rings. The number of carbonyl (C=O) groups is 1. The van der Waals surface area contributed by atoms with Crippen LogP contribution in [-0.2, 0) is 15.6 Å². The Morgan fingerprint density at radius 2 is 1.47 bits per heavy atom. The third-order valence-electron chi connectivity index (χ3n) is 9.46. The van der Waals surface area contributed by atoms with Crippen molar-refractivity contribution in [2.75, 3.05) is 7.11 Å². The Kier molecular flexibility index (Phi) is 6.25. The third-order valence-corrected chi connectivity index (χ3v) is 10.2. The molecule has 200 valence electrons. The number of fused-ring (bicyclic) bond motifs is 1. The molecule has 4 saturated carbocycles. The Bertz CT molecular complexity index is 1360. The van der Waals surface area contributed by atoms with Gasteiger partial charge < -0.3 is 9.16 Å². The summed E-state index contributed by atoms with van der Waals surface area (Å²) in [5, 5.41) is 2.17. The average molecular weight is 527 g/mol. The van der Waals surface area contributed by atoms with Gasteiger partial charge in [0.1, 0.15) is 5.75 Å². The van der Waals surface area contributed by atoms with Gasteiger partial charge in [-0.3, -0.25) is 0 Å². The van der Waals surface area contributed by atoms with Crippen molar-refractivity contribution in [2.45, 2.75) is 83.2 Å². The minimum atomic E-state index is -1.37. The molecule has 3 aromatic carbocycles. The zero-order chi connectivity index (χ0) is 26.8. The van der Waals surface area contributed by atoms with Crippen LogP contribution in [0.15, 0.2) is 48.5 Å². The largest absolute Gasteiger partial charge is 0.546 e. The molecule has 4 heteroatoms. The summed E-state index contributed by atoms with van der Waals surface area (Å²) in [4.78, 5) is 12.1. The monoisotopic (exact) mass is 526 g/mol. The van der Waals surface area contributed by atoms with Crippen molar-refractivity contribution >= 4 is 25.8 Å². The van der Waals surface area contributed by atoms with E-state index in [2.05, 4.69) is 64.2 Å². The van der Waals surface area contributed by atoms with Gasteiger partial charge in [0, 0.05) is 16.5 Å². The first-order valence-electron chi connectivity index (χ1n) is 14.5. The van der Waals surface area contributed by atoms with Gasteiger partial charge in [0.2, 0.25) is 9.04 Å². The van der Waals surface area contributed by atoms with Crippen molar-refractivity contribution in [3.63, 3.8) is 0 Å². The van der Waals surface area contributed by atoms with Gasteiger partial charge in [0.05, 0.1) is 12.7 Å². The van der Waals surface area contributed by atoms with Gasteiger partial charge in [-0.05, 0) is 115 Å². The molecule has 4 aliphatic rings. The van der Waals surface area contributed by atoms with E-state index in [1.165, 1.54) is 68.1 Å². The molecule has 0 N–H and O–H groups in total. The highest BCUT2D eigenvalue weighted by atomic mass is 28.3. The summed E-state index contributed by atoms with van der Waals surface area (Å²) in [6, 6.07) is 17.2. The second kappa shape index (κ2) is 9.26. The van der Waals surface area contributed by atoms with Crippen LogP contribution in [0.2, 0.25) is 13.1 Å². The van der Waals surface area contributed by atoms with Crippen molar-refractivity contribution in [1.82, 2.24) is 0 Å². The normalized spacial score (nSPS) is 26.2. The van der Waals surface area contributed by atoms with Gasteiger partial charge in [0.15, 0.2) is 0 Å². The van der Waals surface area contributed by atoms with Gasteiger partial charge in [-0.2, -0.15) is 0 Å². The molecule has 0 spiro atoms.